The summed E-state index contributed by atoms with van der Waals surface area (Å²) in [7, 11) is 0. The van der Waals surface area contributed by atoms with E-state index >= 15 is 0 Å². The number of nitrogens with one attached hydrogen (secondary N) is 3. The average Bonchev–Trinajstić information content (AvgIpc) is 2.65. The van der Waals surface area contributed by atoms with E-state index in [1.807, 2.05) is 0 Å². The lowest BCUT2D eigenvalue weighted by Gasteiger charge is -2.35. The molecule has 0 fully saturated rings. The van der Waals surface area contributed by atoms with Crippen LogP contribution in [0.4, 0.5) is 0 Å². The fourth-order valence-corrected chi connectivity index (χ4v) is 2.20. The second kappa shape index (κ2) is 14.7. The SMILES string of the molecule is [CH2]C(CCNOC(C)CCCC)(CCNOC(C)C(C)C)NOC(C)(C)CC. The molecular weight excluding hydrogens is 354 g/mol. The summed E-state index contributed by atoms with van der Waals surface area (Å²) < 4.78 is 0. The molecule has 169 valence electrons. The van der Waals surface area contributed by atoms with E-state index in [0.29, 0.717) is 19.0 Å². The van der Waals surface area contributed by atoms with Crippen LogP contribution in [0.15, 0.2) is 0 Å². The predicted octanol–water partition coefficient (Wildman–Crippen LogP) is 4.71. The molecule has 28 heavy (non-hydrogen) atoms. The van der Waals surface area contributed by atoms with Crippen molar-refractivity contribution in [3.8, 4) is 0 Å². The van der Waals surface area contributed by atoms with Gasteiger partial charge in [0.1, 0.15) is 0 Å². The van der Waals surface area contributed by atoms with Crippen molar-refractivity contribution in [1.82, 2.24) is 16.4 Å². The fraction of sp³-hybridized carbons (Fsp3) is 0.955. The zero-order valence-electron chi connectivity index (χ0n) is 19.8. The fourth-order valence-electron chi connectivity index (χ4n) is 2.20. The van der Waals surface area contributed by atoms with Crippen molar-refractivity contribution >= 4 is 0 Å². The van der Waals surface area contributed by atoms with E-state index in [2.05, 4.69) is 78.8 Å². The minimum atomic E-state index is -0.438. The first kappa shape index (κ1) is 27.8. The molecule has 0 bridgehead atoms. The summed E-state index contributed by atoms with van der Waals surface area (Å²) in [6.45, 7) is 22.7. The van der Waals surface area contributed by atoms with Gasteiger partial charge in [-0.05, 0) is 66.2 Å². The minimum Gasteiger partial charge on any atom is -0.299 e. The van der Waals surface area contributed by atoms with Crippen molar-refractivity contribution in [2.24, 2.45) is 5.92 Å². The molecule has 0 heterocycles. The Morgan fingerprint density at radius 3 is 2.00 bits per heavy atom. The second-order valence-corrected chi connectivity index (χ2v) is 9.02. The van der Waals surface area contributed by atoms with Crippen LogP contribution in [0.25, 0.3) is 0 Å². The molecule has 0 saturated heterocycles. The van der Waals surface area contributed by atoms with Crippen LogP contribution in [0.2, 0.25) is 0 Å². The Morgan fingerprint density at radius 1 is 0.929 bits per heavy atom. The molecule has 6 heteroatoms. The zero-order valence-corrected chi connectivity index (χ0v) is 19.8. The van der Waals surface area contributed by atoms with Crippen LogP contribution in [0.3, 0.4) is 0 Å². The number of hydrogen-bond acceptors (Lipinski definition) is 6. The summed E-state index contributed by atoms with van der Waals surface area (Å²) in [5.41, 5.74) is 8.72. The normalized spacial score (nSPS) is 16.9. The second-order valence-electron chi connectivity index (χ2n) is 9.02. The Hall–Kier alpha value is -0.240. The van der Waals surface area contributed by atoms with Gasteiger partial charge in [-0.1, -0.05) is 40.5 Å². The maximum Gasteiger partial charge on any atom is 0.0838 e. The summed E-state index contributed by atoms with van der Waals surface area (Å²) in [6.07, 6.45) is 6.29. The Balaban J connectivity index is 4.46. The highest BCUT2D eigenvalue weighted by molar-refractivity contribution is 4.89. The van der Waals surface area contributed by atoms with Crippen molar-refractivity contribution in [1.29, 1.82) is 0 Å². The Bertz CT molecular complexity index is 380. The highest BCUT2D eigenvalue weighted by Crippen LogP contribution is 2.19. The molecule has 3 N–H and O–H groups in total. The van der Waals surface area contributed by atoms with Crippen molar-refractivity contribution in [3.63, 3.8) is 0 Å². The first-order valence-electron chi connectivity index (χ1n) is 11.1. The molecule has 0 aromatic rings. The summed E-state index contributed by atoms with van der Waals surface area (Å²) in [4.78, 5) is 17.3. The van der Waals surface area contributed by atoms with E-state index in [4.69, 9.17) is 14.5 Å². The van der Waals surface area contributed by atoms with E-state index < -0.39 is 5.54 Å². The maximum absolute atomic E-state index is 5.94. The summed E-state index contributed by atoms with van der Waals surface area (Å²) in [6, 6.07) is 0. The summed E-state index contributed by atoms with van der Waals surface area (Å²) in [5, 5.41) is 0. The molecule has 0 amide bonds. The van der Waals surface area contributed by atoms with Gasteiger partial charge in [0, 0.05) is 18.6 Å². The van der Waals surface area contributed by atoms with E-state index in [1.54, 1.807) is 0 Å². The van der Waals surface area contributed by atoms with Gasteiger partial charge in [-0.3, -0.25) is 14.5 Å². The van der Waals surface area contributed by atoms with E-state index in [1.165, 1.54) is 12.8 Å². The molecule has 0 aromatic carbocycles. The lowest BCUT2D eigenvalue weighted by molar-refractivity contribution is -0.122. The third-order valence-corrected chi connectivity index (χ3v) is 5.26. The Morgan fingerprint density at radius 2 is 1.50 bits per heavy atom. The highest BCUT2D eigenvalue weighted by atomic mass is 16.7. The van der Waals surface area contributed by atoms with Crippen molar-refractivity contribution in [2.75, 3.05) is 13.1 Å². The smallest absolute Gasteiger partial charge is 0.0838 e. The van der Waals surface area contributed by atoms with Crippen molar-refractivity contribution in [2.45, 2.75) is 117 Å². The lowest BCUT2D eigenvalue weighted by Crippen LogP contribution is -2.50. The third kappa shape index (κ3) is 13.9. The Labute approximate surface area is 174 Å². The molecule has 0 rings (SSSR count). The topological polar surface area (TPSA) is 63.8 Å². The molecule has 0 aliphatic heterocycles. The molecule has 0 spiro atoms. The summed E-state index contributed by atoms with van der Waals surface area (Å²) in [5.74, 6) is 0.472. The minimum absolute atomic E-state index is 0.169. The van der Waals surface area contributed by atoms with Gasteiger partial charge in [0.05, 0.1) is 17.8 Å². The van der Waals surface area contributed by atoms with Crippen LogP contribution in [-0.4, -0.2) is 36.4 Å². The maximum atomic E-state index is 5.94. The highest BCUT2D eigenvalue weighted by Gasteiger charge is 2.28. The first-order chi connectivity index (χ1) is 13.0. The molecule has 1 radical (unpaired) electrons. The molecule has 3 atom stereocenters. The molecule has 0 saturated carbocycles. The molecule has 3 unspecified atom stereocenters. The van der Waals surface area contributed by atoms with Gasteiger partial charge in [-0.2, -0.15) is 5.48 Å². The zero-order chi connectivity index (χ0) is 21.6. The number of rotatable bonds is 18. The number of unbranched alkanes of at least 4 members (excludes halogenated alkanes) is 1. The molecule has 6 nitrogen and oxygen atoms in total. The molecule has 0 aliphatic carbocycles. The van der Waals surface area contributed by atoms with Crippen LogP contribution in [-0.2, 0) is 14.5 Å². The molecule has 0 aliphatic rings. The Kier molecular flexibility index (Phi) is 14.6. The summed E-state index contributed by atoms with van der Waals surface area (Å²) >= 11 is 0. The quantitative estimate of drug-likeness (QED) is 0.228. The van der Waals surface area contributed by atoms with Crippen LogP contribution in [0.5, 0.6) is 0 Å². The van der Waals surface area contributed by atoms with Gasteiger partial charge in [0.15, 0.2) is 0 Å². The third-order valence-electron chi connectivity index (χ3n) is 5.26. The van der Waals surface area contributed by atoms with Gasteiger partial charge in [-0.25, -0.2) is 11.0 Å². The number of hydrogen-bond donors (Lipinski definition) is 3. The lowest BCUT2D eigenvalue weighted by atomic mass is 9.94. The number of hydroxylamine groups is 3. The van der Waals surface area contributed by atoms with E-state index in [9.17, 15) is 0 Å². The van der Waals surface area contributed by atoms with Gasteiger partial charge < -0.3 is 0 Å². The predicted molar refractivity (Wildman–Crippen MR) is 117 cm³/mol. The van der Waals surface area contributed by atoms with Crippen LogP contribution in [0.1, 0.15) is 93.9 Å². The largest absolute Gasteiger partial charge is 0.299 e. The van der Waals surface area contributed by atoms with Crippen molar-refractivity contribution < 1.29 is 14.5 Å². The monoisotopic (exact) mass is 402 g/mol. The molecular formula is C22H48N3O3. The van der Waals surface area contributed by atoms with Gasteiger partial charge >= 0.3 is 0 Å². The average molecular weight is 403 g/mol. The van der Waals surface area contributed by atoms with Crippen LogP contribution >= 0.6 is 0 Å². The van der Waals surface area contributed by atoms with E-state index in [0.717, 1.165) is 25.7 Å². The van der Waals surface area contributed by atoms with Crippen LogP contribution < -0.4 is 16.4 Å². The van der Waals surface area contributed by atoms with Crippen molar-refractivity contribution in [3.05, 3.63) is 6.92 Å². The first-order valence-corrected chi connectivity index (χ1v) is 11.1. The van der Waals surface area contributed by atoms with Crippen LogP contribution in [0, 0.1) is 12.8 Å². The van der Waals surface area contributed by atoms with Gasteiger partial charge in [0.25, 0.3) is 0 Å². The standard InChI is InChI=1S/C22H48N3O3/c1-10-12-13-19(5)26-23-16-14-22(9,25-28-21(7,8)11-2)15-17-24-27-20(6)18(3)4/h18-20,23-25H,9-17H2,1-8H3. The van der Waals surface area contributed by atoms with Gasteiger partial charge in [0.2, 0.25) is 0 Å². The molecule has 0 aromatic heterocycles. The van der Waals surface area contributed by atoms with E-state index in [-0.39, 0.29) is 17.8 Å². The van der Waals surface area contributed by atoms with Gasteiger partial charge in [-0.15, -0.1) is 0 Å².